The summed E-state index contributed by atoms with van der Waals surface area (Å²) in [4.78, 5) is 4.52. The van der Waals surface area contributed by atoms with Crippen molar-refractivity contribution in [1.29, 1.82) is 0 Å². The van der Waals surface area contributed by atoms with E-state index < -0.39 is 21.4 Å². The van der Waals surface area contributed by atoms with Crippen LogP contribution in [0.15, 0.2) is 76.1 Å². The zero-order chi connectivity index (χ0) is 20.6. The summed E-state index contributed by atoms with van der Waals surface area (Å²) in [5.74, 6) is -0.397. The van der Waals surface area contributed by atoms with Crippen molar-refractivity contribution in [3.63, 3.8) is 0 Å². The first-order valence-corrected chi connectivity index (χ1v) is 11.0. The number of nitrogens with zero attached hydrogens (tertiary/aromatic N) is 2. The number of sulfonamides is 1. The molecular weight excluding hydrogens is 411 g/mol. The number of para-hydroxylation sites is 1. The highest BCUT2D eigenvalue weighted by Crippen LogP contribution is 2.37. The normalized spacial score (nSPS) is 19.1. The van der Waals surface area contributed by atoms with Crippen molar-refractivity contribution < 1.29 is 17.5 Å². The number of thiazole rings is 1. The Bertz CT molecular complexity index is 1260. The van der Waals surface area contributed by atoms with Crippen LogP contribution in [0.1, 0.15) is 10.6 Å². The zero-order valence-electron chi connectivity index (χ0n) is 15.7. The number of halogens is 1. The molecule has 1 aromatic heterocycles. The Labute approximate surface area is 171 Å². The predicted octanol–water partition coefficient (Wildman–Crippen LogP) is 4.54. The Morgan fingerprint density at radius 1 is 1.10 bits per heavy atom. The first-order chi connectivity index (χ1) is 13.8. The zero-order valence-corrected chi connectivity index (χ0v) is 17.3. The van der Waals surface area contributed by atoms with E-state index >= 15 is 0 Å². The smallest absolute Gasteiger partial charge is 0.282 e. The second-order valence-corrected chi connectivity index (χ2v) is 9.21. The predicted molar refractivity (Wildman–Crippen MR) is 112 cm³/mol. The molecule has 0 spiro atoms. The average Bonchev–Trinajstić information content (AvgIpc) is 3.15. The third-order valence-electron chi connectivity index (χ3n) is 4.59. The largest absolute Gasteiger partial charge is 0.363 e. The van der Waals surface area contributed by atoms with Gasteiger partial charge in [0.2, 0.25) is 0 Å². The van der Waals surface area contributed by atoms with E-state index in [0.717, 1.165) is 5.56 Å². The second kappa shape index (κ2) is 7.29. The number of aryl methyl sites for hydroxylation is 1. The van der Waals surface area contributed by atoms with Crippen molar-refractivity contribution in [2.45, 2.75) is 17.4 Å². The van der Waals surface area contributed by atoms with Gasteiger partial charge in [-0.15, -0.1) is 11.3 Å². The van der Waals surface area contributed by atoms with E-state index in [1.54, 1.807) is 48.6 Å². The molecule has 1 heterocycles. The Balaban J connectivity index is 1.68. The van der Waals surface area contributed by atoms with Crippen LogP contribution in [0.4, 0.5) is 4.39 Å². The Kier molecular flexibility index (Phi) is 4.94. The second-order valence-electron chi connectivity index (χ2n) is 6.57. The first kappa shape index (κ1) is 19.6. The molecule has 5 nitrogen and oxygen atoms in total. The van der Waals surface area contributed by atoms with Gasteiger partial charge in [0.15, 0.2) is 5.60 Å². The highest BCUT2D eigenvalue weighted by atomic mass is 32.2. The number of hydrogen-bond acceptors (Lipinski definition) is 5. The summed E-state index contributed by atoms with van der Waals surface area (Å²) in [7, 11) is -2.31. The maximum Gasteiger partial charge on any atom is 0.282 e. The maximum atomic E-state index is 14.0. The first-order valence-electron chi connectivity index (χ1n) is 8.74. The van der Waals surface area contributed by atoms with Gasteiger partial charge in [-0.1, -0.05) is 23.8 Å². The van der Waals surface area contributed by atoms with Gasteiger partial charge < -0.3 is 4.74 Å². The van der Waals surface area contributed by atoms with E-state index in [2.05, 4.69) is 9.38 Å². The standard InChI is InChI=1S/C21H17FN2O3S2/c1-14-6-8-16(9-7-14)29(25,26)24-15-10-12-21(27-2,13-11-15)20-23-19-17(22)4-3-5-18(19)28-20/h3-13H,1-2H3. The molecule has 4 rings (SSSR count). The van der Waals surface area contributed by atoms with Crippen LogP contribution in [-0.2, 0) is 20.4 Å². The maximum absolute atomic E-state index is 14.0. The summed E-state index contributed by atoms with van der Waals surface area (Å²) in [5, 5.41) is 0.549. The lowest BCUT2D eigenvalue weighted by atomic mass is 9.98. The third-order valence-corrected chi connectivity index (χ3v) is 7.06. The van der Waals surface area contributed by atoms with Crippen LogP contribution in [0, 0.1) is 12.7 Å². The van der Waals surface area contributed by atoms with E-state index in [1.807, 2.05) is 6.92 Å². The van der Waals surface area contributed by atoms with Crippen molar-refractivity contribution >= 4 is 37.3 Å². The van der Waals surface area contributed by atoms with Crippen LogP contribution in [0.2, 0.25) is 0 Å². The highest BCUT2D eigenvalue weighted by Gasteiger charge is 2.32. The molecule has 3 aromatic rings. The molecular formula is C21H17FN2O3S2. The SMILES string of the molecule is COC1(c2nc3c(F)cccc3s2)C=CC(=NS(=O)(=O)c2ccc(C)cc2)C=C1. The number of fused-ring (bicyclic) bond motifs is 1. The van der Waals surface area contributed by atoms with Crippen LogP contribution >= 0.6 is 11.3 Å². The van der Waals surface area contributed by atoms with Crippen LogP contribution in [-0.4, -0.2) is 26.2 Å². The van der Waals surface area contributed by atoms with Crippen molar-refractivity contribution in [2.24, 2.45) is 4.40 Å². The molecule has 1 aliphatic carbocycles. The Morgan fingerprint density at radius 3 is 2.41 bits per heavy atom. The summed E-state index contributed by atoms with van der Waals surface area (Å²) in [6, 6.07) is 11.3. The topological polar surface area (TPSA) is 68.6 Å². The molecule has 0 N–H and O–H groups in total. The number of hydrogen-bond donors (Lipinski definition) is 0. The molecule has 0 radical (unpaired) electrons. The Hall–Kier alpha value is -2.68. The van der Waals surface area contributed by atoms with E-state index in [0.29, 0.717) is 9.71 Å². The minimum atomic E-state index is -3.83. The van der Waals surface area contributed by atoms with Gasteiger partial charge >= 0.3 is 0 Å². The lowest BCUT2D eigenvalue weighted by molar-refractivity contribution is 0.0721. The van der Waals surface area contributed by atoms with E-state index in [1.165, 1.54) is 36.6 Å². The average molecular weight is 429 g/mol. The molecule has 0 unspecified atom stereocenters. The number of ether oxygens (including phenoxy) is 1. The molecule has 1 aliphatic rings. The molecule has 0 amide bonds. The van der Waals surface area contributed by atoms with Crippen molar-refractivity contribution in [3.05, 3.63) is 83.2 Å². The number of rotatable bonds is 4. The molecule has 8 heteroatoms. The van der Waals surface area contributed by atoms with Crippen LogP contribution in [0.5, 0.6) is 0 Å². The molecule has 0 saturated carbocycles. The number of benzene rings is 2. The van der Waals surface area contributed by atoms with Crippen LogP contribution < -0.4 is 0 Å². The highest BCUT2D eigenvalue weighted by molar-refractivity contribution is 7.90. The fourth-order valence-electron chi connectivity index (χ4n) is 2.94. The lowest BCUT2D eigenvalue weighted by Gasteiger charge is -2.25. The van der Waals surface area contributed by atoms with Gasteiger partial charge in [0.1, 0.15) is 16.3 Å². The van der Waals surface area contributed by atoms with E-state index in [-0.39, 0.29) is 16.1 Å². The summed E-state index contributed by atoms with van der Waals surface area (Å²) >= 11 is 1.32. The minimum absolute atomic E-state index is 0.127. The molecule has 29 heavy (non-hydrogen) atoms. The monoisotopic (exact) mass is 428 g/mol. The summed E-state index contributed by atoms with van der Waals surface area (Å²) in [6.07, 6.45) is 6.48. The van der Waals surface area contributed by atoms with E-state index in [9.17, 15) is 12.8 Å². The van der Waals surface area contributed by atoms with Gasteiger partial charge in [0.05, 0.1) is 15.3 Å². The summed E-state index contributed by atoms with van der Waals surface area (Å²) in [5.41, 5.74) is 0.506. The minimum Gasteiger partial charge on any atom is -0.363 e. The van der Waals surface area contributed by atoms with Crippen molar-refractivity contribution in [3.8, 4) is 0 Å². The van der Waals surface area contributed by atoms with Gasteiger partial charge in [0.25, 0.3) is 10.0 Å². The fourth-order valence-corrected chi connectivity index (χ4v) is 5.04. The fraction of sp³-hybridized carbons (Fsp3) is 0.143. The van der Waals surface area contributed by atoms with Crippen molar-refractivity contribution in [2.75, 3.05) is 7.11 Å². The molecule has 0 atom stereocenters. The van der Waals surface area contributed by atoms with Gasteiger partial charge in [-0.2, -0.15) is 12.8 Å². The molecule has 0 saturated heterocycles. The molecule has 0 aliphatic heterocycles. The molecule has 2 aromatic carbocycles. The van der Waals surface area contributed by atoms with Gasteiger partial charge in [-0.05, 0) is 55.5 Å². The number of allylic oxidation sites excluding steroid dienone is 2. The van der Waals surface area contributed by atoms with Crippen LogP contribution in [0.3, 0.4) is 0 Å². The third kappa shape index (κ3) is 3.66. The molecule has 0 bridgehead atoms. The Morgan fingerprint density at radius 2 is 1.79 bits per heavy atom. The molecule has 0 fully saturated rings. The summed E-state index contributed by atoms with van der Waals surface area (Å²) in [6.45, 7) is 1.88. The van der Waals surface area contributed by atoms with Crippen molar-refractivity contribution in [1.82, 2.24) is 4.98 Å². The molecule has 148 valence electrons. The number of methoxy groups -OCH3 is 1. The van der Waals surface area contributed by atoms with Gasteiger partial charge in [-0.25, -0.2) is 9.37 Å². The van der Waals surface area contributed by atoms with Gasteiger partial charge in [0, 0.05) is 7.11 Å². The summed E-state index contributed by atoms with van der Waals surface area (Å²) < 4.78 is 49.3. The van der Waals surface area contributed by atoms with E-state index in [4.69, 9.17) is 4.74 Å². The quantitative estimate of drug-likeness (QED) is 0.612. The van der Waals surface area contributed by atoms with Crippen LogP contribution in [0.25, 0.3) is 10.2 Å². The lowest BCUT2D eigenvalue weighted by Crippen LogP contribution is -2.26. The van der Waals surface area contributed by atoms with Gasteiger partial charge in [-0.3, -0.25) is 0 Å². The number of aromatic nitrogens is 1.